The van der Waals surface area contributed by atoms with Gasteiger partial charge in [0.2, 0.25) is 5.91 Å². The number of carbonyl (C=O) groups is 1. The molecule has 1 aromatic carbocycles. The molecule has 2 rings (SSSR count). The monoisotopic (exact) mass is 296 g/mol. The van der Waals surface area contributed by atoms with E-state index in [-0.39, 0.29) is 17.8 Å². The molecule has 0 aromatic heterocycles. The number of benzene rings is 1. The molecule has 1 saturated heterocycles. The lowest BCUT2D eigenvalue weighted by Crippen LogP contribution is -2.43. The first-order valence-electron chi connectivity index (χ1n) is 7.22. The number of anilines is 1. The summed E-state index contributed by atoms with van der Waals surface area (Å²) < 4.78 is 24.0. The van der Waals surface area contributed by atoms with E-state index < -0.39 is 0 Å². The molecule has 5 nitrogen and oxygen atoms in total. The molecule has 0 radical (unpaired) electrons. The summed E-state index contributed by atoms with van der Waals surface area (Å²) in [5, 5.41) is 5.98. The lowest BCUT2D eigenvalue weighted by Gasteiger charge is -2.23. The Labute approximate surface area is 123 Å². The van der Waals surface area contributed by atoms with E-state index in [9.17, 15) is 9.18 Å². The quantitative estimate of drug-likeness (QED) is 0.842. The Hall–Kier alpha value is -1.66. The van der Waals surface area contributed by atoms with Crippen molar-refractivity contribution >= 4 is 11.6 Å². The molecule has 1 unspecified atom stereocenters. The van der Waals surface area contributed by atoms with Gasteiger partial charge in [-0.3, -0.25) is 4.79 Å². The molecule has 6 heteroatoms. The summed E-state index contributed by atoms with van der Waals surface area (Å²) >= 11 is 0. The number of rotatable bonds is 6. The lowest BCUT2D eigenvalue weighted by atomic mass is 10.2. The van der Waals surface area contributed by atoms with Gasteiger partial charge in [0.15, 0.2) is 0 Å². The van der Waals surface area contributed by atoms with Crippen molar-refractivity contribution in [2.75, 3.05) is 31.7 Å². The maximum atomic E-state index is 13.3. The molecule has 1 fully saturated rings. The molecule has 1 aliphatic heterocycles. The molecular weight excluding hydrogens is 275 g/mol. The molecule has 0 bridgehead atoms. The van der Waals surface area contributed by atoms with Crippen LogP contribution < -0.4 is 15.4 Å². The molecule has 0 spiro atoms. The predicted octanol–water partition coefficient (Wildman–Crippen LogP) is 1.93. The van der Waals surface area contributed by atoms with E-state index in [0.29, 0.717) is 37.7 Å². The van der Waals surface area contributed by atoms with Gasteiger partial charge in [0, 0.05) is 25.1 Å². The van der Waals surface area contributed by atoms with Crippen molar-refractivity contribution in [3.63, 3.8) is 0 Å². The maximum absolute atomic E-state index is 13.3. The molecule has 1 aliphatic rings. The number of carbonyl (C=O) groups excluding carboxylic acids is 1. The summed E-state index contributed by atoms with van der Waals surface area (Å²) in [6.07, 6.45) is 1.12. The zero-order valence-electron chi connectivity index (χ0n) is 12.2. The molecule has 116 valence electrons. The smallest absolute Gasteiger partial charge is 0.226 e. The summed E-state index contributed by atoms with van der Waals surface area (Å²) in [4.78, 5) is 12.0. The highest BCUT2D eigenvalue weighted by Crippen LogP contribution is 2.26. The van der Waals surface area contributed by atoms with Crippen LogP contribution in [0, 0.1) is 5.82 Å². The molecule has 21 heavy (non-hydrogen) atoms. The molecule has 1 amide bonds. The summed E-state index contributed by atoms with van der Waals surface area (Å²) in [6, 6.07) is 4.12. The van der Waals surface area contributed by atoms with Crippen molar-refractivity contribution in [2.24, 2.45) is 0 Å². The molecule has 1 atom stereocenters. The van der Waals surface area contributed by atoms with Crippen molar-refractivity contribution in [2.45, 2.75) is 25.8 Å². The van der Waals surface area contributed by atoms with Crippen LogP contribution in [0.15, 0.2) is 18.2 Å². The molecule has 0 aliphatic carbocycles. The van der Waals surface area contributed by atoms with E-state index in [0.717, 1.165) is 13.0 Å². The Balaban J connectivity index is 1.95. The van der Waals surface area contributed by atoms with Crippen molar-refractivity contribution in [3.05, 3.63) is 24.0 Å². The number of morpholine rings is 1. The van der Waals surface area contributed by atoms with Gasteiger partial charge in [0.25, 0.3) is 0 Å². The third-order valence-electron chi connectivity index (χ3n) is 3.11. The van der Waals surface area contributed by atoms with Gasteiger partial charge in [-0.15, -0.1) is 0 Å². The fourth-order valence-corrected chi connectivity index (χ4v) is 2.11. The molecular formula is C15H21FN2O3. The summed E-state index contributed by atoms with van der Waals surface area (Å²) in [5.41, 5.74) is 0.492. The van der Waals surface area contributed by atoms with Crippen LogP contribution in [0.2, 0.25) is 0 Å². The van der Waals surface area contributed by atoms with E-state index in [1.54, 1.807) is 0 Å². The number of ether oxygens (including phenoxy) is 2. The third-order valence-corrected chi connectivity index (χ3v) is 3.11. The van der Waals surface area contributed by atoms with Crippen LogP contribution in [0.4, 0.5) is 10.1 Å². The molecule has 1 aromatic rings. The van der Waals surface area contributed by atoms with E-state index in [1.165, 1.54) is 18.2 Å². The minimum absolute atomic E-state index is 0.0132. The minimum Gasteiger partial charge on any atom is -0.491 e. The Morgan fingerprint density at radius 2 is 2.43 bits per heavy atom. The van der Waals surface area contributed by atoms with Crippen LogP contribution >= 0.6 is 0 Å². The first kappa shape index (κ1) is 15.7. The van der Waals surface area contributed by atoms with E-state index in [1.807, 2.05) is 6.92 Å². The number of halogens is 1. The van der Waals surface area contributed by atoms with Crippen LogP contribution in [0.3, 0.4) is 0 Å². The third kappa shape index (κ3) is 4.99. The van der Waals surface area contributed by atoms with E-state index >= 15 is 0 Å². The van der Waals surface area contributed by atoms with Crippen LogP contribution in [0.5, 0.6) is 5.75 Å². The van der Waals surface area contributed by atoms with Gasteiger partial charge in [0.1, 0.15) is 11.6 Å². The summed E-state index contributed by atoms with van der Waals surface area (Å²) in [7, 11) is 0. The molecule has 2 N–H and O–H groups in total. The summed E-state index contributed by atoms with van der Waals surface area (Å²) in [5.74, 6) is -0.176. The van der Waals surface area contributed by atoms with Gasteiger partial charge >= 0.3 is 0 Å². The Morgan fingerprint density at radius 1 is 1.57 bits per heavy atom. The first-order valence-corrected chi connectivity index (χ1v) is 7.22. The fourth-order valence-electron chi connectivity index (χ4n) is 2.11. The lowest BCUT2D eigenvalue weighted by molar-refractivity contribution is -0.117. The van der Waals surface area contributed by atoms with Crippen molar-refractivity contribution < 1.29 is 18.7 Å². The highest BCUT2D eigenvalue weighted by atomic mass is 19.1. The van der Waals surface area contributed by atoms with Crippen LogP contribution in [-0.2, 0) is 9.53 Å². The maximum Gasteiger partial charge on any atom is 0.226 e. The van der Waals surface area contributed by atoms with Gasteiger partial charge in [0.05, 0.1) is 25.5 Å². The Kier molecular flexibility index (Phi) is 5.95. The zero-order valence-corrected chi connectivity index (χ0v) is 12.2. The van der Waals surface area contributed by atoms with Crippen molar-refractivity contribution in [3.8, 4) is 5.75 Å². The first-order chi connectivity index (χ1) is 10.2. The number of nitrogens with one attached hydrogen (secondary N) is 2. The summed E-state index contributed by atoms with van der Waals surface area (Å²) in [6.45, 7) is 4.39. The average Bonchev–Trinajstić information content (AvgIpc) is 2.48. The highest BCUT2D eigenvalue weighted by Gasteiger charge is 2.18. The zero-order chi connectivity index (χ0) is 15.1. The number of hydrogen-bond acceptors (Lipinski definition) is 4. The van der Waals surface area contributed by atoms with Crippen LogP contribution in [0.25, 0.3) is 0 Å². The van der Waals surface area contributed by atoms with Gasteiger partial charge in [-0.25, -0.2) is 4.39 Å². The number of amides is 1. The second-order valence-electron chi connectivity index (χ2n) is 4.97. The minimum atomic E-state index is -0.388. The second kappa shape index (κ2) is 7.95. The van der Waals surface area contributed by atoms with Crippen molar-refractivity contribution in [1.29, 1.82) is 0 Å². The largest absolute Gasteiger partial charge is 0.491 e. The van der Waals surface area contributed by atoms with Crippen LogP contribution in [-0.4, -0.2) is 38.3 Å². The topological polar surface area (TPSA) is 59.6 Å². The Morgan fingerprint density at radius 3 is 3.14 bits per heavy atom. The van der Waals surface area contributed by atoms with Crippen LogP contribution in [0.1, 0.15) is 19.8 Å². The highest BCUT2D eigenvalue weighted by molar-refractivity contribution is 5.92. The standard InChI is InChI=1S/C15H21FN2O3/c1-2-6-21-14-8-11(16)3-4-13(14)18-15(19)9-12-10-20-7-5-17-12/h3-4,8,12,17H,2,5-7,9-10H2,1H3,(H,18,19). The Bertz CT molecular complexity index is 476. The SMILES string of the molecule is CCCOc1cc(F)ccc1NC(=O)CC1COCCN1. The van der Waals surface area contributed by atoms with Gasteiger partial charge < -0.3 is 20.1 Å². The second-order valence-corrected chi connectivity index (χ2v) is 4.97. The van der Waals surface area contributed by atoms with Gasteiger partial charge in [-0.2, -0.15) is 0 Å². The molecule has 1 heterocycles. The number of hydrogen-bond donors (Lipinski definition) is 2. The van der Waals surface area contributed by atoms with E-state index in [4.69, 9.17) is 9.47 Å². The van der Waals surface area contributed by atoms with Gasteiger partial charge in [-0.1, -0.05) is 6.92 Å². The normalized spacial score (nSPS) is 18.3. The molecule has 0 saturated carbocycles. The van der Waals surface area contributed by atoms with E-state index in [2.05, 4.69) is 10.6 Å². The fraction of sp³-hybridized carbons (Fsp3) is 0.533. The average molecular weight is 296 g/mol. The van der Waals surface area contributed by atoms with Crippen molar-refractivity contribution in [1.82, 2.24) is 5.32 Å². The predicted molar refractivity (Wildman–Crippen MR) is 78.0 cm³/mol. The van der Waals surface area contributed by atoms with Gasteiger partial charge in [-0.05, 0) is 18.6 Å².